The van der Waals surface area contributed by atoms with Crippen molar-refractivity contribution in [2.24, 2.45) is 0 Å². The van der Waals surface area contributed by atoms with E-state index in [1.54, 1.807) is 7.05 Å². The number of hydrogen-bond donors (Lipinski definition) is 1. The molecule has 1 atom stereocenters. The minimum absolute atomic E-state index is 0.245. The van der Waals surface area contributed by atoms with E-state index in [4.69, 9.17) is 0 Å². The fourth-order valence-electron chi connectivity index (χ4n) is 2.12. The van der Waals surface area contributed by atoms with Gasteiger partial charge < -0.3 is 10.0 Å². The summed E-state index contributed by atoms with van der Waals surface area (Å²) in [7, 11) is 1.54. The maximum atomic E-state index is 12.4. The van der Waals surface area contributed by atoms with Crippen LogP contribution in [-0.2, 0) is 11.2 Å². The third-order valence-corrected chi connectivity index (χ3v) is 4.41. The first-order valence-electron chi connectivity index (χ1n) is 6.58. The largest absolute Gasteiger partial charge is 0.480 e. The van der Waals surface area contributed by atoms with Crippen molar-refractivity contribution in [3.8, 4) is 0 Å². The van der Waals surface area contributed by atoms with E-state index in [1.165, 1.54) is 16.2 Å². The Balaban J connectivity index is 2.20. The molecule has 1 aromatic heterocycles. The van der Waals surface area contributed by atoms with E-state index in [9.17, 15) is 14.7 Å². The van der Waals surface area contributed by atoms with Crippen LogP contribution in [0.1, 0.15) is 20.8 Å². The van der Waals surface area contributed by atoms with E-state index in [-0.39, 0.29) is 5.91 Å². The van der Waals surface area contributed by atoms with Crippen molar-refractivity contribution in [2.45, 2.75) is 19.4 Å². The number of aryl methyl sites for hydroxylation is 1. The normalized spacial score (nSPS) is 11.9. The number of carboxylic acids is 1. The average Bonchev–Trinajstić information content (AvgIpc) is 2.90. The highest BCUT2D eigenvalue weighted by Crippen LogP contribution is 2.19. The quantitative estimate of drug-likeness (QED) is 0.924. The summed E-state index contributed by atoms with van der Waals surface area (Å²) in [6.45, 7) is 1.85. The maximum Gasteiger partial charge on any atom is 0.326 e. The van der Waals surface area contributed by atoms with Crippen LogP contribution in [-0.4, -0.2) is 35.0 Å². The fourth-order valence-corrected chi connectivity index (χ4v) is 3.03. The molecular weight excluding hydrogens is 286 g/mol. The van der Waals surface area contributed by atoms with Crippen LogP contribution < -0.4 is 0 Å². The number of amides is 1. The third-order valence-electron chi connectivity index (χ3n) is 3.40. The molecule has 1 unspecified atom stereocenters. The molecule has 4 nitrogen and oxygen atoms in total. The van der Waals surface area contributed by atoms with Gasteiger partial charge in [-0.15, -0.1) is 11.3 Å². The van der Waals surface area contributed by atoms with E-state index in [2.05, 4.69) is 0 Å². The van der Waals surface area contributed by atoms with Crippen LogP contribution in [0.3, 0.4) is 0 Å². The lowest BCUT2D eigenvalue weighted by atomic mass is 10.0. The number of rotatable bonds is 5. The Kier molecular flexibility index (Phi) is 4.75. The number of benzene rings is 1. The SMILES string of the molecule is Cc1ccsc1C(=O)N(C)C(Cc1ccccc1)C(=O)O. The Hall–Kier alpha value is -2.14. The van der Waals surface area contributed by atoms with Gasteiger partial charge in [0, 0.05) is 13.5 Å². The standard InChI is InChI=1S/C16H17NO3S/c1-11-8-9-21-14(11)15(18)17(2)13(16(19)20)10-12-6-4-3-5-7-12/h3-9,13H,10H2,1-2H3,(H,19,20). The van der Waals surface area contributed by atoms with Crippen molar-refractivity contribution in [3.63, 3.8) is 0 Å². The summed E-state index contributed by atoms with van der Waals surface area (Å²) >= 11 is 1.34. The number of carbonyl (C=O) groups is 2. The van der Waals surface area contributed by atoms with E-state index in [1.807, 2.05) is 48.7 Å². The molecule has 1 heterocycles. The molecule has 1 amide bonds. The second-order valence-electron chi connectivity index (χ2n) is 4.89. The minimum Gasteiger partial charge on any atom is -0.480 e. The molecule has 0 spiro atoms. The lowest BCUT2D eigenvalue weighted by molar-refractivity contribution is -0.141. The maximum absolute atomic E-state index is 12.4. The van der Waals surface area contributed by atoms with Crippen LogP contribution in [0.15, 0.2) is 41.8 Å². The molecule has 5 heteroatoms. The zero-order chi connectivity index (χ0) is 15.4. The van der Waals surface area contributed by atoms with Gasteiger partial charge >= 0.3 is 5.97 Å². The Labute approximate surface area is 127 Å². The molecule has 21 heavy (non-hydrogen) atoms. The fraction of sp³-hybridized carbons (Fsp3) is 0.250. The summed E-state index contributed by atoms with van der Waals surface area (Å²) in [5, 5.41) is 11.3. The Bertz CT molecular complexity index is 636. The summed E-state index contributed by atoms with van der Waals surface area (Å²) in [5.74, 6) is -1.24. The predicted molar refractivity (Wildman–Crippen MR) is 82.7 cm³/mol. The molecule has 0 fully saturated rings. The smallest absolute Gasteiger partial charge is 0.326 e. The Morgan fingerprint density at radius 1 is 1.24 bits per heavy atom. The summed E-state index contributed by atoms with van der Waals surface area (Å²) < 4.78 is 0. The number of thiophene rings is 1. The molecule has 2 aromatic rings. The summed E-state index contributed by atoms with van der Waals surface area (Å²) in [6.07, 6.45) is 0.294. The van der Waals surface area contributed by atoms with Gasteiger partial charge in [0.15, 0.2) is 0 Å². The van der Waals surface area contributed by atoms with Crippen LogP contribution in [0.2, 0.25) is 0 Å². The molecule has 0 aliphatic rings. The zero-order valence-corrected chi connectivity index (χ0v) is 12.8. The number of likely N-dealkylation sites (N-methyl/N-ethyl adjacent to an activating group) is 1. The van der Waals surface area contributed by atoms with Gasteiger partial charge in [-0.25, -0.2) is 4.79 Å². The number of aliphatic carboxylic acids is 1. The molecule has 2 rings (SSSR count). The molecule has 1 N–H and O–H groups in total. The Morgan fingerprint density at radius 2 is 1.90 bits per heavy atom. The molecule has 0 bridgehead atoms. The van der Waals surface area contributed by atoms with Crippen molar-refractivity contribution >= 4 is 23.2 Å². The molecule has 110 valence electrons. The lowest BCUT2D eigenvalue weighted by Gasteiger charge is -2.24. The first-order valence-corrected chi connectivity index (χ1v) is 7.46. The number of hydrogen-bond acceptors (Lipinski definition) is 3. The number of nitrogens with zero attached hydrogens (tertiary/aromatic N) is 1. The van der Waals surface area contributed by atoms with E-state index in [0.29, 0.717) is 11.3 Å². The molecule has 1 aromatic carbocycles. The summed E-state index contributed by atoms with van der Waals surface area (Å²) in [5.41, 5.74) is 1.77. The van der Waals surface area contributed by atoms with Gasteiger partial charge in [0.2, 0.25) is 0 Å². The van der Waals surface area contributed by atoms with Crippen LogP contribution >= 0.6 is 11.3 Å². The van der Waals surface area contributed by atoms with Gasteiger partial charge in [-0.1, -0.05) is 30.3 Å². The number of carboxylic acid groups (broad SMARTS) is 1. The van der Waals surface area contributed by atoms with E-state index in [0.717, 1.165) is 11.1 Å². The highest BCUT2D eigenvalue weighted by Gasteiger charge is 2.28. The monoisotopic (exact) mass is 303 g/mol. The molecule has 0 aliphatic heterocycles. The van der Waals surface area contributed by atoms with E-state index < -0.39 is 12.0 Å². The van der Waals surface area contributed by atoms with Gasteiger partial charge in [-0.05, 0) is 29.5 Å². The summed E-state index contributed by atoms with van der Waals surface area (Å²) in [6, 6.07) is 10.3. The van der Waals surface area contributed by atoms with Crippen LogP contribution in [0.5, 0.6) is 0 Å². The average molecular weight is 303 g/mol. The van der Waals surface area contributed by atoms with E-state index >= 15 is 0 Å². The highest BCUT2D eigenvalue weighted by atomic mass is 32.1. The Morgan fingerprint density at radius 3 is 2.43 bits per heavy atom. The van der Waals surface area contributed by atoms with Crippen LogP contribution in [0.4, 0.5) is 0 Å². The number of carbonyl (C=O) groups excluding carboxylic acids is 1. The van der Waals surface area contributed by atoms with Crippen molar-refractivity contribution in [1.29, 1.82) is 0 Å². The second-order valence-corrected chi connectivity index (χ2v) is 5.81. The third kappa shape index (κ3) is 3.49. The van der Waals surface area contributed by atoms with Gasteiger partial charge in [0.05, 0.1) is 4.88 Å². The van der Waals surface area contributed by atoms with Gasteiger partial charge in [-0.3, -0.25) is 4.79 Å². The van der Waals surface area contributed by atoms with Crippen molar-refractivity contribution in [3.05, 3.63) is 57.8 Å². The zero-order valence-electron chi connectivity index (χ0n) is 11.9. The van der Waals surface area contributed by atoms with Crippen molar-refractivity contribution < 1.29 is 14.7 Å². The molecular formula is C16H17NO3S. The molecule has 0 saturated heterocycles. The van der Waals surface area contributed by atoms with Crippen molar-refractivity contribution in [2.75, 3.05) is 7.05 Å². The summed E-state index contributed by atoms with van der Waals surface area (Å²) in [4.78, 5) is 25.9. The molecule has 0 aliphatic carbocycles. The first kappa shape index (κ1) is 15.3. The minimum atomic E-state index is -0.996. The van der Waals surface area contributed by atoms with Crippen LogP contribution in [0, 0.1) is 6.92 Å². The molecule has 0 radical (unpaired) electrons. The first-order chi connectivity index (χ1) is 10.0. The lowest BCUT2D eigenvalue weighted by Crippen LogP contribution is -2.43. The second kappa shape index (κ2) is 6.54. The van der Waals surface area contributed by atoms with Gasteiger partial charge in [0.1, 0.15) is 6.04 Å². The van der Waals surface area contributed by atoms with Crippen molar-refractivity contribution in [1.82, 2.24) is 4.90 Å². The molecule has 0 saturated carbocycles. The highest BCUT2D eigenvalue weighted by molar-refractivity contribution is 7.12. The van der Waals surface area contributed by atoms with Crippen LogP contribution in [0.25, 0.3) is 0 Å². The van der Waals surface area contributed by atoms with Gasteiger partial charge in [-0.2, -0.15) is 0 Å². The topological polar surface area (TPSA) is 57.6 Å². The predicted octanol–water partition coefficient (Wildman–Crippen LogP) is 2.82. The van der Waals surface area contributed by atoms with Gasteiger partial charge in [0.25, 0.3) is 5.91 Å².